The van der Waals surface area contributed by atoms with E-state index in [2.05, 4.69) is 13.8 Å². The van der Waals surface area contributed by atoms with E-state index in [1.165, 1.54) is 12.8 Å². The maximum absolute atomic E-state index is 5.64. The molecule has 0 saturated heterocycles. The highest BCUT2D eigenvalue weighted by atomic mass is 35.5. The van der Waals surface area contributed by atoms with Crippen LogP contribution in [0.3, 0.4) is 0 Å². The molecular weight excluding hydrogens is 186 g/mol. The van der Waals surface area contributed by atoms with Crippen LogP contribution in [0.5, 0.6) is 0 Å². The molecule has 0 aliphatic heterocycles. The summed E-state index contributed by atoms with van der Waals surface area (Å²) in [4.78, 5) is 0. The molecule has 0 aliphatic carbocycles. The molecule has 0 saturated carbocycles. The third kappa shape index (κ3) is 8.60. The van der Waals surface area contributed by atoms with Gasteiger partial charge in [-0.2, -0.15) is 0 Å². The van der Waals surface area contributed by atoms with Crippen molar-refractivity contribution in [1.29, 1.82) is 0 Å². The minimum atomic E-state index is 0.260. The second-order valence-corrected chi connectivity index (χ2v) is 3.31. The summed E-state index contributed by atoms with van der Waals surface area (Å²) in [6.07, 6.45) is 4.66. The zero-order chi connectivity index (χ0) is 9.94. The average molecular weight is 207 g/mol. The molecule has 0 aromatic rings. The van der Waals surface area contributed by atoms with Crippen LogP contribution in [0, 0.1) is 0 Å². The number of hydrogen-bond donors (Lipinski definition) is 0. The van der Waals surface area contributed by atoms with Gasteiger partial charge < -0.3 is 9.39 Å². The number of ether oxygens (including phenoxy) is 1. The lowest BCUT2D eigenvalue weighted by Gasteiger charge is -2.12. The van der Waals surface area contributed by atoms with E-state index in [1.807, 2.05) is 0 Å². The fraction of sp³-hybridized carbons (Fsp3) is 1.00. The van der Waals surface area contributed by atoms with Crippen LogP contribution in [0.2, 0.25) is 12.6 Å². The van der Waals surface area contributed by atoms with Crippen LogP contribution in [0.25, 0.3) is 0 Å². The van der Waals surface area contributed by atoms with Crippen LogP contribution in [-0.4, -0.2) is 26.2 Å². The summed E-state index contributed by atoms with van der Waals surface area (Å²) in [6.45, 7) is 6.04. The Hall–Kier alpha value is 0.275. The van der Waals surface area contributed by atoms with Gasteiger partial charge in [0.1, 0.15) is 6.07 Å². The van der Waals surface area contributed by atoms with Gasteiger partial charge in [-0.1, -0.05) is 38.3 Å². The molecule has 0 amide bonds. The predicted octanol–water partition coefficient (Wildman–Crippen LogP) is 3.03. The summed E-state index contributed by atoms with van der Waals surface area (Å²) in [5.74, 6) is 0. The molecule has 0 aromatic heterocycles. The van der Waals surface area contributed by atoms with Gasteiger partial charge in [-0.3, -0.25) is 0 Å². The van der Waals surface area contributed by atoms with Gasteiger partial charge in [0.15, 0.2) is 0 Å². The zero-order valence-corrected chi connectivity index (χ0v) is 9.48. The Morgan fingerprint density at radius 2 is 1.69 bits per heavy atom. The number of rotatable bonds is 9. The molecule has 0 N–H and O–H groups in total. The van der Waals surface area contributed by atoms with Crippen LogP contribution in [0.4, 0.5) is 0 Å². The molecule has 0 aliphatic rings. The van der Waals surface area contributed by atoms with Crippen molar-refractivity contribution in [2.75, 3.05) is 19.3 Å². The fourth-order valence-corrected chi connectivity index (χ4v) is 1.39. The summed E-state index contributed by atoms with van der Waals surface area (Å²) in [7, 11) is 0. The van der Waals surface area contributed by atoms with E-state index in [4.69, 9.17) is 21.0 Å². The third-order valence-corrected chi connectivity index (χ3v) is 2.03. The summed E-state index contributed by atoms with van der Waals surface area (Å²) in [6, 6.07) is 0.260. The first-order chi connectivity index (χ1) is 6.35. The van der Waals surface area contributed by atoms with E-state index < -0.39 is 0 Å². The van der Waals surface area contributed by atoms with Gasteiger partial charge in [0.05, 0.1) is 13.2 Å². The molecule has 13 heavy (non-hydrogen) atoms. The van der Waals surface area contributed by atoms with Gasteiger partial charge in [-0.25, -0.2) is 0 Å². The SMILES string of the molecule is CCCB(CCC)OCCOCCl. The Labute approximate surface area is 87.0 Å². The van der Waals surface area contributed by atoms with Gasteiger partial charge in [0, 0.05) is 0 Å². The highest BCUT2D eigenvalue weighted by Gasteiger charge is 2.12. The Morgan fingerprint density at radius 1 is 1.08 bits per heavy atom. The third-order valence-electron chi connectivity index (χ3n) is 1.88. The molecule has 4 heteroatoms. The first-order valence-corrected chi connectivity index (χ1v) is 5.63. The van der Waals surface area contributed by atoms with E-state index in [0.717, 1.165) is 12.6 Å². The first kappa shape index (κ1) is 13.3. The topological polar surface area (TPSA) is 18.5 Å². The second-order valence-electron chi connectivity index (χ2n) is 3.09. The molecule has 0 unspecified atom stereocenters. The molecule has 78 valence electrons. The largest absolute Gasteiger partial charge is 0.434 e. The van der Waals surface area contributed by atoms with Crippen molar-refractivity contribution in [2.45, 2.75) is 39.3 Å². The maximum atomic E-state index is 5.64. The van der Waals surface area contributed by atoms with Crippen molar-refractivity contribution >= 4 is 18.5 Å². The Morgan fingerprint density at radius 3 is 2.15 bits per heavy atom. The molecule has 0 spiro atoms. The summed E-state index contributed by atoms with van der Waals surface area (Å²) >= 11 is 5.36. The van der Waals surface area contributed by atoms with Gasteiger partial charge >= 0.3 is 0 Å². The Bertz CT molecular complexity index is 97.6. The summed E-state index contributed by atoms with van der Waals surface area (Å²) in [5.41, 5.74) is 0. The minimum Gasteiger partial charge on any atom is -0.434 e. The van der Waals surface area contributed by atoms with Crippen LogP contribution < -0.4 is 0 Å². The molecule has 0 rings (SSSR count). The number of halogens is 1. The van der Waals surface area contributed by atoms with E-state index in [1.54, 1.807) is 0 Å². The van der Waals surface area contributed by atoms with Crippen LogP contribution in [0.15, 0.2) is 0 Å². The summed E-state index contributed by atoms with van der Waals surface area (Å²) < 4.78 is 10.6. The Balaban J connectivity index is 3.33. The predicted molar refractivity (Wildman–Crippen MR) is 58.6 cm³/mol. The van der Waals surface area contributed by atoms with Crippen LogP contribution in [-0.2, 0) is 9.39 Å². The standard InChI is InChI=1S/C9H20BClO2/c1-3-5-10(6-4-2)13-8-7-12-9-11/h3-9H2,1-2H3. The fourth-order valence-electron chi connectivity index (χ4n) is 1.28. The summed E-state index contributed by atoms with van der Waals surface area (Å²) in [5, 5.41) is 0. The van der Waals surface area contributed by atoms with Crippen molar-refractivity contribution in [2.24, 2.45) is 0 Å². The monoisotopic (exact) mass is 206 g/mol. The van der Waals surface area contributed by atoms with Gasteiger partial charge in [-0.05, 0) is 12.6 Å². The normalized spacial score (nSPS) is 10.4. The highest BCUT2D eigenvalue weighted by Crippen LogP contribution is 2.06. The quantitative estimate of drug-likeness (QED) is 0.328. The van der Waals surface area contributed by atoms with Crippen LogP contribution in [0.1, 0.15) is 26.7 Å². The average Bonchev–Trinajstić information content (AvgIpc) is 2.13. The number of alkyl halides is 1. The van der Waals surface area contributed by atoms with Crippen molar-refractivity contribution in [3.05, 3.63) is 0 Å². The highest BCUT2D eigenvalue weighted by molar-refractivity contribution is 6.51. The smallest absolute Gasteiger partial charge is 0.293 e. The van der Waals surface area contributed by atoms with Crippen LogP contribution >= 0.6 is 11.6 Å². The lowest BCUT2D eigenvalue weighted by Crippen LogP contribution is -2.19. The second kappa shape index (κ2) is 10.4. The Kier molecular flexibility index (Phi) is 10.6. The molecule has 0 bridgehead atoms. The molecule has 2 nitrogen and oxygen atoms in total. The lowest BCUT2D eigenvalue weighted by atomic mass is 9.60. The van der Waals surface area contributed by atoms with Crippen molar-refractivity contribution in [3.8, 4) is 0 Å². The molecule has 0 aromatic carbocycles. The van der Waals surface area contributed by atoms with Crippen molar-refractivity contribution in [3.63, 3.8) is 0 Å². The molecule has 0 fully saturated rings. The minimum absolute atomic E-state index is 0.260. The van der Waals surface area contributed by atoms with Crippen molar-refractivity contribution in [1.82, 2.24) is 0 Å². The molecule has 0 heterocycles. The van der Waals surface area contributed by atoms with E-state index in [-0.39, 0.29) is 6.07 Å². The molecular formula is C9H20BClO2. The zero-order valence-electron chi connectivity index (χ0n) is 8.72. The molecule has 0 atom stereocenters. The van der Waals surface area contributed by atoms with E-state index in [9.17, 15) is 0 Å². The number of hydrogen-bond acceptors (Lipinski definition) is 2. The maximum Gasteiger partial charge on any atom is 0.293 e. The first-order valence-electron chi connectivity index (χ1n) is 5.10. The van der Waals surface area contributed by atoms with E-state index >= 15 is 0 Å². The van der Waals surface area contributed by atoms with Gasteiger partial charge in [0.25, 0.3) is 6.92 Å². The van der Waals surface area contributed by atoms with Crippen molar-refractivity contribution < 1.29 is 9.39 Å². The lowest BCUT2D eigenvalue weighted by molar-refractivity contribution is 0.132. The van der Waals surface area contributed by atoms with Gasteiger partial charge in [-0.15, -0.1) is 0 Å². The molecule has 0 radical (unpaired) electrons. The van der Waals surface area contributed by atoms with E-state index in [0.29, 0.717) is 20.1 Å². The van der Waals surface area contributed by atoms with Gasteiger partial charge in [0.2, 0.25) is 0 Å².